The van der Waals surface area contributed by atoms with Gasteiger partial charge in [-0.25, -0.2) is 0 Å². The van der Waals surface area contributed by atoms with E-state index in [4.69, 9.17) is 16.3 Å². The third-order valence-corrected chi connectivity index (χ3v) is 3.33. The molecule has 1 aromatic carbocycles. The lowest BCUT2D eigenvalue weighted by molar-refractivity contribution is 0.141. The van der Waals surface area contributed by atoms with E-state index in [1.165, 1.54) is 0 Å². The van der Waals surface area contributed by atoms with Crippen molar-refractivity contribution in [3.63, 3.8) is 0 Å². The van der Waals surface area contributed by atoms with Crippen LogP contribution in [0.25, 0.3) is 0 Å². The van der Waals surface area contributed by atoms with Crippen molar-refractivity contribution < 1.29 is 4.74 Å². The van der Waals surface area contributed by atoms with Gasteiger partial charge in [-0.05, 0) is 24.5 Å². The van der Waals surface area contributed by atoms with Gasteiger partial charge in [-0.3, -0.25) is 0 Å². The highest BCUT2D eigenvalue weighted by Gasteiger charge is 2.17. The molecule has 3 heteroatoms. The SMILES string of the molecule is COCC(NC(C)c1ccccc1Cl)C(C)C. The fraction of sp³-hybridized carbons (Fsp3) is 0.571. The molecule has 0 aliphatic heterocycles. The van der Waals surface area contributed by atoms with Crippen LogP contribution >= 0.6 is 11.6 Å². The van der Waals surface area contributed by atoms with Crippen molar-refractivity contribution in [1.82, 2.24) is 5.32 Å². The zero-order valence-corrected chi connectivity index (χ0v) is 11.8. The number of hydrogen-bond acceptors (Lipinski definition) is 2. The van der Waals surface area contributed by atoms with Gasteiger partial charge in [0, 0.05) is 24.2 Å². The molecule has 0 radical (unpaired) electrons. The summed E-state index contributed by atoms with van der Waals surface area (Å²) in [6.07, 6.45) is 0. The Morgan fingerprint density at radius 1 is 1.24 bits per heavy atom. The lowest BCUT2D eigenvalue weighted by atomic mass is 10.0. The van der Waals surface area contributed by atoms with Crippen LogP contribution in [0.5, 0.6) is 0 Å². The zero-order valence-electron chi connectivity index (χ0n) is 11.0. The highest BCUT2D eigenvalue weighted by molar-refractivity contribution is 6.31. The van der Waals surface area contributed by atoms with E-state index in [-0.39, 0.29) is 6.04 Å². The second-order valence-corrected chi connectivity index (χ2v) is 5.12. The van der Waals surface area contributed by atoms with Gasteiger partial charge in [0.2, 0.25) is 0 Å². The summed E-state index contributed by atoms with van der Waals surface area (Å²) in [4.78, 5) is 0. The van der Waals surface area contributed by atoms with Gasteiger partial charge in [0.05, 0.1) is 6.61 Å². The first-order valence-corrected chi connectivity index (χ1v) is 6.43. The molecule has 0 aromatic heterocycles. The number of methoxy groups -OCH3 is 1. The molecule has 1 rings (SSSR count). The van der Waals surface area contributed by atoms with Gasteiger partial charge in [0.15, 0.2) is 0 Å². The van der Waals surface area contributed by atoms with Gasteiger partial charge in [0.25, 0.3) is 0 Å². The van der Waals surface area contributed by atoms with E-state index in [1.54, 1.807) is 7.11 Å². The minimum Gasteiger partial charge on any atom is -0.383 e. The molecular formula is C14H22ClNO. The lowest BCUT2D eigenvalue weighted by Gasteiger charge is -2.26. The summed E-state index contributed by atoms with van der Waals surface area (Å²) in [5.41, 5.74) is 1.14. The summed E-state index contributed by atoms with van der Waals surface area (Å²) in [5, 5.41) is 4.38. The van der Waals surface area contributed by atoms with Crippen molar-refractivity contribution in [2.24, 2.45) is 5.92 Å². The van der Waals surface area contributed by atoms with E-state index in [0.29, 0.717) is 18.6 Å². The van der Waals surface area contributed by atoms with Gasteiger partial charge in [-0.15, -0.1) is 0 Å². The van der Waals surface area contributed by atoms with Crippen molar-refractivity contribution >= 4 is 11.6 Å². The first-order chi connectivity index (χ1) is 8.06. The number of nitrogens with one attached hydrogen (secondary N) is 1. The maximum absolute atomic E-state index is 6.19. The van der Waals surface area contributed by atoms with E-state index in [0.717, 1.165) is 10.6 Å². The maximum Gasteiger partial charge on any atom is 0.0618 e. The summed E-state index contributed by atoms with van der Waals surface area (Å²) in [7, 11) is 1.73. The molecule has 0 amide bonds. The molecule has 1 N–H and O–H groups in total. The maximum atomic E-state index is 6.19. The third-order valence-electron chi connectivity index (χ3n) is 2.99. The highest BCUT2D eigenvalue weighted by Crippen LogP contribution is 2.23. The molecule has 0 bridgehead atoms. The van der Waals surface area contributed by atoms with Crippen molar-refractivity contribution in [2.45, 2.75) is 32.9 Å². The minimum absolute atomic E-state index is 0.228. The Morgan fingerprint density at radius 3 is 2.41 bits per heavy atom. The van der Waals surface area contributed by atoms with Crippen molar-refractivity contribution in [3.8, 4) is 0 Å². The number of ether oxygens (including phenoxy) is 1. The Labute approximate surface area is 109 Å². The van der Waals surface area contributed by atoms with Crippen LogP contribution in [0.1, 0.15) is 32.4 Å². The minimum atomic E-state index is 0.228. The molecule has 0 aliphatic carbocycles. The summed E-state index contributed by atoms with van der Waals surface area (Å²) in [5.74, 6) is 0.528. The smallest absolute Gasteiger partial charge is 0.0618 e. The molecule has 96 valence electrons. The van der Waals surface area contributed by atoms with Crippen LogP contribution < -0.4 is 5.32 Å². The number of benzene rings is 1. The Balaban J connectivity index is 2.70. The number of hydrogen-bond donors (Lipinski definition) is 1. The summed E-state index contributed by atoms with van der Waals surface area (Å²) in [6, 6.07) is 8.52. The molecule has 0 saturated carbocycles. The first kappa shape index (κ1) is 14.5. The van der Waals surface area contributed by atoms with Gasteiger partial charge in [0.1, 0.15) is 0 Å². The van der Waals surface area contributed by atoms with Crippen LogP contribution in [0.3, 0.4) is 0 Å². The molecule has 2 unspecified atom stereocenters. The molecule has 0 heterocycles. The van der Waals surface area contributed by atoms with E-state index in [1.807, 2.05) is 18.2 Å². The van der Waals surface area contributed by atoms with Gasteiger partial charge < -0.3 is 10.1 Å². The van der Waals surface area contributed by atoms with Crippen LogP contribution in [-0.2, 0) is 4.74 Å². The van der Waals surface area contributed by atoms with Crippen molar-refractivity contribution in [3.05, 3.63) is 34.9 Å². The molecule has 0 saturated heterocycles. The molecule has 17 heavy (non-hydrogen) atoms. The predicted octanol–water partition coefficient (Wildman–Crippen LogP) is 3.66. The Hall–Kier alpha value is -0.570. The topological polar surface area (TPSA) is 21.3 Å². The molecule has 2 nitrogen and oxygen atoms in total. The second kappa shape index (κ2) is 7.00. The third kappa shape index (κ3) is 4.30. The molecule has 0 fully saturated rings. The van der Waals surface area contributed by atoms with Crippen LogP contribution in [0, 0.1) is 5.92 Å². The average Bonchev–Trinajstić information content (AvgIpc) is 2.28. The van der Waals surface area contributed by atoms with E-state index in [2.05, 4.69) is 32.2 Å². The van der Waals surface area contributed by atoms with E-state index >= 15 is 0 Å². The molecule has 0 aliphatic rings. The first-order valence-electron chi connectivity index (χ1n) is 6.05. The fourth-order valence-electron chi connectivity index (χ4n) is 1.85. The lowest BCUT2D eigenvalue weighted by Crippen LogP contribution is -2.39. The van der Waals surface area contributed by atoms with Crippen LogP contribution in [0.4, 0.5) is 0 Å². The van der Waals surface area contributed by atoms with Crippen LogP contribution in [-0.4, -0.2) is 19.8 Å². The van der Waals surface area contributed by atoms with Crippen LogP contribution in [0.2, 0.25) is 5.02 Å². The van der Waals surface area contributed by atoms with E-state index < -0.39 is 0 Å². The molecule has 2 atom stereocenters. The average molecular weight is 256 g/mol. The molecular weight excluding hydrogens is 234 g/mol. The summed E-state index contributed by atoms with van der Waals surface area (Å²) in [6.45, 7) is 7.23. The zero-order chi connectivity index (χ0) is 12.8. The quantitative estimate of drug-likeness (QED) is 0.838. The monoisotopic (exact) mass is 255 g/mol. The van der Waals surface area contributed by atoms with Crippen molar-refractivity contribution in [1.29, 1.82) is 0 Å². The standard InChI is InChI=1S/C14H22ClNO/c1-10(2)14(9-17-4)16-11(3)12-7-5-6-8-13(12)15/h5-8,10-11,14,16H,9H2,1-4H3. The summed E-state index contributed by atoms with van der Waals surface area (Å²) < 4.78 is 5.24. The van der Waals surface area contributed by atoms with Crippen molar-refractivity contribution in [2.75, 3.05) is 13.7 Å². The van der Waals surface area contributed by atoms with E-state index in [9.17, 15) is 0 Å². The molecule has 0 spiro atoms. The number of halogens is 1. The predicted molar refractivity (Wildman–Crippen MR) is 73.5 cm³/mol. The van der Waals surface area contributed by atoms with Gasteiger partial charge >= 0.3 is 0 Å². The normalized spacial score (nSPS) is 14.9. The Kier molecular flexibility index (Phi) is 5.96. The highest BCUT2D eigenvalue weighted by atomic mass is 35.5. The fourth-order valence-corrected chi connectivity index (χ4v) is 2.15. The number of rotatable bonds is 6. The van der Waals surface area contributed by atoms with Gasteiger partial charge in [-0.2, -0.15) is 0 Å². The second-order valence-electron chi connectivity index (χ2n) is 4.72. The largest absolute Gasteiger partial charge is 0.383 e. The Morgan fingerprint density at radius 2 is 1.88 bits per heavy atom. The van der Waals surface area contributed by atoms with Gasteiger partial charge in [-0.1, -0.05) is 43.6 Å². The Bertz CT molecular complexity index is 341. The van der Waals surface area contributed by atoms with Crippen LogP contribution in [0.15, 0.2) is 24.3 Å². The molecule has 1 aromatic rings. The summed E-state index contributed by atoms with van der Waals surface area (Å²) >= 11 is 6.19.